The van der Waals surface area contributed by atoms with Gasteiger partial charge >= 0.3 is 0 Å². The highest BCUT2D eigenvalue weighted by molar-refractivity contribution is 7.89. The van der Waals surface area contributed by atoms with E-state index in [1.165, 1.54) is 32.3 Å². The predicted octanol–water partition coefficient (Wildman–Crippen LogP) is 2.46. The zero-order valence-electron chi connectivity index (χ0n) is 14.3. The van der Waals surface area contributed by atoms with E-state index in [4.69, 9.17) is 11.6 Å². The summed E-state index contributed by atoms with van der Waals surface area (Å²) in [5, 5.41) is 5.62. The molecule has 0 unspecified atom stereocenters. The van der Waals surface area contributed by atoms with Gasteiger partial charge in [0.15, 0.2) is 0 Å². The van der Waals surface area contributed by atoms with E-state index in [0.717, 1.165) is 10.4 Å². The van der Waals surface area contributed by atoms with Crippen molar-refractivity contribution in [3.05, 3.63) is 58.9 Å². The van der Waals surface area contributed by atoms with Crippen LogP contribution in [0.5, 0.6) is 0 Å². The smallest absolute Gasteiger partial charge is 0.242 e. The number of hydrogen-bond acceptors (Lipinski definition) is 4. The molecule has 0 aliphatic rings. The number of carbonyl (C=O) groups excluding carboxylic acids is 1. The lowest BCUT2D eigenvalue weighted by atomic mass is 10.2. The minimum Gasteiger partial charge on any atom is -0.375 e. The lowest BCUT2D eigenvalue weighted by Crippen LogP contribution is -2.31. The molecule has 0 heterocycles. The Labute approximate surface area is 157 Å². The fourth-order valence-corrected chi connectivity index (χ4v) is 3.51. The molecule has 0 radical (unpaired) electrons. The van der Waals surface area contributed by atoms with Gasteiger partial charge in [0.25, 0.3) is 0 Å². The summed E-state index contributed by atoms with van der Waals surface area (Å²) < 4.78 is 38.8. The molecule has 2 aromatic rings. The van der Waals surface area contributed by atoms with Crippen LogP contribution in [-0.4, -0.2) is 39.3 Å². The number of sulfonamides is 1. The van der Waals surface area contributed by atoms with Gasteiger partial charge in [-0.2, -0.15) is 0 Å². The molecule has 0 aliphatic carbocycles. The maximum atomic E-state index is 13.0. The number of rotatable bonds is 7. The molecule has 0 spiro atoms. The molecule has 2 aromatic carbocycles. The molecule has 0 bridgehead atoms. The van der Waals surface area contributed by atoms with E-state index in [1.54, 1.807) is 18.2 Å². The molecule has 140 valence electrons. The Morgan fingerprint density at radius 2 is 1.88 bits per heavy atom. The third kappa shape index (κ3) is 4.94. The summed E-state index contributed by atoms with van der Waals surface area (Å²) in [7, 11) is -0.716. The van der Waals surface area contributed by atoms with E-state index in [1.807, 2.05) is 0 Å². The van der Waals surface area contributed by atoms with Gasteiger partial charge < -0.3 is 10.6 Å². The summed E-state index contributed by atoms with van der Waals surface area (Å²) in [6.45, 7) is -0.0329. The van der Waals surface area contributed by atoms with Crippen molar-refractivity contribution in [1.82, 2.24) is 9.62 Å². The Bertz CT molecular complexity index is 904. The Balaban J connectivity index is 2.00. The van der Waals surface area contributed by atoms with Crippen molar-refractivity contribution in [2.75, 3.05) is 26.0 Å². The fraction of sp³-hybridized carbons (Fsp3) is 0.235. The van der Waals surface area contributed by atoms with Gasteiger partial charge in [-0.1, -0.05) is 29.8 Å². The number of halogens is 2. The third-order valence-corrected chi connectivity index (χ3v) is 5.81. The maximum Gasteiger partial charge on any atom is 0.242 e. The Morgan fingerprint density at radius 1 is 1.19 bits per heavy atom. The minimum atomic E-state index is -3.61. The second kappa shape index (κ2) is 8.48. The lowest BCUT2D eigenvalue weighted by molar-refractivity contribution is -0.119. The van der Waals surface area contributed by atoms with Crippen molar-refractivity contribution >= 4 is 33.2 Å². The minimum absolute atomic E-state index is 0.0565. The van der Waals surface area contributed by atoms with Gasteiger partial charge in [0, 0.05) is 20.6 Å². The molecular formula is C17H19ClFN3O3S. The third-order valence-electron chi connectivity index (χ3n) is 3.58. The van der Waals surface area contributed by atoms with Crippen molar-refractivity contribution in [1.29, 1.82) is 0 Å². The number of anilines is 1. The monoisotopic (exact) mass is 399 g/mol. The Morgan fingerprint density at radius 3 is 2.54 bits per heavy atom. The van der Waals surface area contributed by atoms with Crippen molar-refractivity contribution < 1.29 is 17.6 Å². The van der Waals surface area contributed by atoms with E-state index >= 15 is 0 Å². The molecular weight excluding hydrogens is 381 g/mol. The zero-order valence-corrected chi connectivity index (χ0v) is 15.9. The topological polar surface area (TPSA) is 78.5 Å². The molecule has 0 aliphatic heterocycles. The van der Waals surface area contributed by atoms with E-state index in [0.29, 0.717) is 11.3 Å². The highest BCUT2D eigenvalue weighted by Gasteiger charge is 2.20. The van der Waals surface area contributed by atoms with Crippen molar-refractivity contribution in [2.24, 2.45) is 0 Å². The summed E-state index contributed by atoms with van der Waals surface area (Å²) in [6.07, 6.45) is 0. The van der Waals surface area contributed by atoms with Crippen LogP contribution in [0.1, 0.15) is 5.56 Å². The van der Waals surface area contributed by atoms with Crippen molar-refractivity contribution in [3.8, 4) is 0 Å². The predicted molar refractivity (Wildman–Crippen MR) is 99.1 cm³/mol. The number of carbonyl (C=O) groups is 1. The highest BCUT2D eigenvalue weighted by Crippen LogP contribution is 2.22. The van der Waals surface area contributed by atoms with Crippen molar-refractivity contribution in [2.45, 2.75) is 11.4 Å². The molecule has 26 heavy (non-hydrogen) atoms. The Hall–Kier alpha value is -2.16. The molecule has 6 nitrogen and oxygen atoms in total. The first-order valence-corrected chi connectivity index (χ1v) is 9.49. The second-order valence-electron chi connectivity index (χ2n) is 5.65. The van der Waals surface area contributed by atoms with E-state index in [2.05, 4.69) is 10.6 Å². The molecule has 0 saturated heterocycles. The summed E-state index contributed by atoms with van der Waals surface area (Å²) in [5.74, 6) is -0.828. The molecule has 2 N–H and O–H groups in total. The number of nitrogens with zero attached hydrogens (tertiary/aromatic N) is 1. The molecule has 9 heteroatoms. The summed E-state index contributed by atoms with van der Waals surface area (Å²) in [5.41, 5.74) is 0.910. The van der Waals surface area contributed by atoms with Crippen LogP contribution in [0.3, 0.4) is 0 Å². The normalized spacial score (nSPS) is 11.4. The van der Waals surface area contributed by atoms with Crippen LogP contribution < -0.4 is 10.6 Å². The van der Waals surface area contributed by atoms with Crippen LogP contribution in [0.4, 0.5) is 10.1 Å². The zero-order chi connectivity index (χ0) is 19.3. The highest BCUT2D eigenvalue weighted by atomic mass is 35.5. The van der Waals surface area contributed by atoms with E-state index < -0.39 is 15.8 Å². The van der Waals surface area contributed by atoms with Gasteiger partial charge in [-0.3, -0.25) is 4.79 Å². The Kier molecular flexibility index (Phi) is 6.57. The molecule has 0 saturated carbocycles. The van der Waals surface area contributed by atoms with Gasteiger partial charge in [0.05, 0.1) is 22.2 Å². The molecule has 1 amide bonds. The largest absolute Gasteiger partial charge is 0.375 e. The average Bonchev–Trinajstić information content (AvgIpc) is 2.59. The van der Waals surface area contributed by atoms with Crippen molar-refractivity contribution in [3.63, 3.8) is 0 Å². The molecule has 0 fully saturated rings. The van der Waals surface area contributed by atoms with E-state index in [9.17, 15) is 17.6 Å². The second-order valence-corrected chi connectivity index (χ2v) is 8.18. The molecule has 0 aromatic heterocycles. The summed E-state index contributed by atoms with van der Waals surface area (Å²) >= 11 is 5.88. The standard InChI is InChI=1S/C17H19ClFN3O3S/c1-22(2)26(24,25)16-6-4-3-5-12(16)10-21-17(23)11-20-15-8-7-13(19)9-14(15)18/h3-9,20H,10-11H2,1-2H3,(H,21,23). The number of amides is 1. The van der Waals surface area contributed by atoms with E-state index in [-0.39, 0.29) is 28.9 Å². The lowest BCUT2D eigenvalue weighted by Gasteiger charge is -2.15. The number of hydrogen-bond donors (Lipinski definition) is 2. The first-order valence-electron chi connectivity index (χ1n) is 7.68. The van der Waals surface area contributed by atoms with Gasteiger partial charge in [-0.15, -0.1) is 0 Å². The summed E-state index contributed by atoms with van der Waals surface area (Å²) in [6, 6.07) is 10.3. The van der Waals surface area contributed by atoms with Gasteiger partial charge in [0.2, 0.25) is 15.9 Å². The number of nitrogens with one attached hydrogen (secondary N) is 2. The first kappa shape index (κ1) is 20.2. The quantitative estimate of drug-likeness (QED) is 0.749. The SMILES string of the molecule is CN(C)S(=O)(=O)c1ccccc1CNC(=O)CNc1ccc(F)cc1Cl. The maximum absolute atomic E-state index is 13.0. The van der Waals surface area contributed by atoms with Gasteiger partial charge in [-0.25, -0.2) is 17.1 Å². The van der Waals surface area contributed by atoms with Crippen LogP contribution in [0.2, 0.25) is 5.02 Å². The van der Waals surface area contributed by atoms with Crippen LogP contribution in [0.15, 0.2) is 47.4 Å². The fourth-order valence-electron chi connectivity index (χ4n) is 2.16. The van der Waals surface area contributed by atoms with Crippen LogP contribution in [0.25, 0.3) is 0 Å². The van der Waals surface area contributed by atoms with Crippen LogP contribution >= 0.6 is 11.6 Å². The van der Waals surface area contributed by atoms with Crippen LogP contribution in [-0.2, 0) is 21.4 Å². The van der Waals surface area contributed by atoms with Crippen LogP contribution in [0, 0.1) is 5.82 Å². The van der Waals surface area contributed by atoms with Gasteiger partial charge in [0.1, 0.15) is 5.82 Å². The summed E-state index contributed by atoms with van der Waals surface area (Å²) in [4.78, 5) is 12.2. The first-order chi connectivity index (χ1) is 12.2. The molecule has 0 atom stereocenters. The average molecular weight is 400 g/mol. The number of benzene rings is 2. The molecule has 2 rings (SSSR count). The van der Waals surface area contributed by atoms with Gasteiger partial charge in [-0.05, 0) is 29.8 Å².